The Kier molecular flexibility index (Phi) is 5.02. The molecule has 122 valence electrons. The Morgan fingerprint density at radius 3 is 2.86 bits per heavy atom. The zero-order chi connectivity index (χ0) is 16.2. The number of halogens is 3. The summed E-state index contributed by atoms with van der Waals surface area (Å²) in [6.45, 7) is 0.937. The van der Waals surface area contributed by atoms with E-state index in [1.807, 2.05) is 0 Å². The highest BCUT2D eigenvalue weighted by Gasteiger charge is 2.38. The van der Waals surface area contributed by atoms with Gasteiger partial charge in [-0.1, -0.05) is 0 Å². The Morgan fingerprint density at radius 1 is 1.50 bits per heavy atom. The van der Waals surface area contributed by atoms with Crippen LogP contribution < -0.4 is 5.32 Å². The molecule has 1 atom stereocenters. The first-order chi connectivity index (χ1) is 10.4. The number of pyridine rings is 1. The Hall–Kier alpha value is -1.67. The van der Waals surface area contributed by atoms with Gasteiger partial charge < -0.3 is 15.2 Å². The molecule has 1 saturated heterocycles. The minimum absolute atomic E-state index is 0.0728. The molecule has 2 heterocycles. The molecule has 1 amide bonds. The van der Waals surface area contributed by atoms with Crippen molar-refractivity contribution < 1.29 is 27.8 Å². The monoisotopic (exact) mass is 318 g/mol. The number of rotatable bonds is 5. The average Bonchev–Trinajstić information content (AvgIpc) is 2.93. The molecule has 0 aliphatic carbocycles. The molecule has 1 aliphatic rings. The Labute approximate surface area is 125 Å². The second-order valence-electron chi connectivity index (χ2n) is 5.36. The van der Waals surface area contributed by atoms with Gasteiger partial charge in [-0.3, -0.25) is 9.78 Å². The van der Waals surface area contributed by atoms with Crippen LogP contribution in [-0.2, 0) is 10.9 Å². The van der Waals surface area contributed by atoms with Crippen LogP contribution in [0.4, 0.5) is 13.2 Å². The van der Waals surface area contributed by atoms with Crippen LogP contribution in [0.3, 0.4) is 0 Å². The molecule has 1 aromatic rings. The van der Waals surface area contributed by atoms with Crippen LogP contribution in [0.1, 0.15) is 28.9 Å². The topological polar surface area (TPSA) is 71.5 Å². The number of aliphatic hydroxyl groups is 1. The highest BCUT2D eigenvalue weighted by atomic mass is 19.4. The molecule has 0 spiro atoms. The smallest absolute Gasteiger partial charge is 0.396 e. The van der Waals surface area contributed by atoms with E-state index >= 15 is 0 Å². The van der Waals surface area contributed by atoms with Gasteiger partial charge in [0.1, 0.15) is 5.69 Å². The number of hydrogen-bond acceptors (Lipinski definition) is 4. The lowest BCUT2D eigenvalue weighted by molar-refractivity contribution is -0.138. The summed E-state index contributed by atoms with van der Waals surface area (Å²) in [4.78, 5) is 15.6. The highest BCUT2D eigenvalue weighted by Crippen LogP contribution is 2.33. The van der Waals surface area contributed by atoms with Crippen molar-refractivity contribution in [1.82, 2.24) is 10.3 Å². The second-order valence-corrected chi connectivity index (χ2v) is 5.36. The number of carbonyl (C=O) groups excluding carboxylic acids is 1. The molecule has 1 aromatic heterocycles. The summed E-state index contributed by atoms with van der Waals surface area (Å²) in [5, 5.41) is 11.6. The number of nitrogens with zero attached hydrogens (tertiary/aromatic N) is 1. The number of amides is 1. The van der Waals surface area contributed by atoms with Gasteiger partial charge in [-0.05, 0) is 25.0 Å². The second kappa shape index (κ2) is 6.62. The van der Waals surface area contributed by atoms with E-state index in [4.69, 9.17) is 9.84 Å². The Bertz CT molecular complexity index is 528. The number of alkyl halides is 3. The van der Waals surface area contributed by atoms with Gasteiger partial charge in [-0.25, -0.2) is 0 Å². The first-order valence-corrected chi connectivity index (χ1v) is 6.87. The summed E-state index contributed by atoms with van der Waals surface area (Å²) in [5.41, 5.74) is -2.14. The van der Waals surface area contributed by atoms with E-state index in [0.29, 0.717) is 26.1 Å². The molecular formula is C14H17F3N2O3. The van der Waals surface area contributed by atoms with E-state index in [9.17, 15) is 18.0 Å². The van der Waals surface area contributed by atoms with Crippen molar-refractivity contribution >= 4 is 5.91 Å². The predicted molar refractivity (Wildman–Crippen MR) is 71.1 cm³/mol. The maximum Gasteiger partial charge on any atom is 0.418 e. The standard InChI is InChI=1S/C14H17F3N2O3/c15-14(16,17)10-2-1-5-18-11(10)12(21)19-8-13(3-6-20)4-7-22-9-13/h1-2,5,20H,3-4,6-9H2,(H,19,21). The average molecular weight is 318 g/mol. The molecule has 1 fully saturated rings. The molecule has 0 radical (unpaired) electrons. The van der Waals surface area contributed by atoms with Crippen molar-refractivity contribution in [2.75, 3.05) is 26.4 Å². The molecule has 2 rings (SSSR count). The van der Waals surface area contributed by atoms with Crippen LogP contribution in [0.2, 0.25) is 0 Å². The zero-order valence-corrected chi connectivity index (χ0v) is 11.8. The van der Waals surface area contributed by atoms with E-state index in [1.54, 1.807) is 0 Å². The SMILES string of the molecule is O=C(NCC1(CCO)CCOC1)c1ncccc1C(F)(F)F. The number of aliphatic hydroxyl groups excluding tert-OH is 1. The van der Waals surface area contributed by atoms with Gasteiger partial charge in [0, 0.05) is 31.4 Å². The van der Waals surface area contributed by atoms with Crippen molar-refractivity contribution in [3.05, 3.63) is 29.6 Å². The molecular weight excluding hydrogens is 301 g/mol. The minimum atomic E-state index is -4.64. The van der Waals surface area contributed by atoms with Crippen molar-refractivity contribution in [3.63, 3.8) is 0 Å². The Balaban J connectivity index is 2.10. The van der Waals surface area contributed by atoms with Crippen molar-refractivity contribution in [2.45, 2.75) is 19.0 Å². The Morgan fingerprint density at radius 2 is 2.27 bits per heavy atom. The lowest BCUT2D eigenvalue weighted by Gasteiger charge is -2.26. The quantitative estimate of drug-likeness (QED) is 0.865. The van der Waals surface area contributed by atoms with Gasteiger partial charge in [-0.15, -0.1) is 0 Å². The van der Waals surface area contributed by atoms with Crippen molar-refractivity contribution in [3.8, 4) is 0 Å². The lowest BCUT2D eigenvalue weighted by Crippen LogP contribution is -2.39. The third-order valence-corrected chi connectivity index (χ3v) is 3.78. The fourth-order valence-electron chi connectivity index (χ4n) is 2.48. The fraction of sp³-hybridized carbons (Fsp3) is 0.571. The normalized spacial score (nSPS) is 21.8. The predicted octanol–water partition coefficient (Wildman–Crippen LogP) is 1.62. The molecule has 2 N–H and O–H groups in total. The number of hydrogen-bond donors (Lipinski definition) is 2. The largest absolute Gasteiger partial charge is 0.418 e. The number of ether oxygens (including phenoxy) is 1. The first-order valence-electron chi connectivity index (χ1n) is 6.87. The summed E-state index contributed by atoms with van der Waals surface area (Å²) >= 11 is 0. The van der Waals surface area contributed by atoms with E-state index in [1.165, 1.54) is 0 Å². The van der Waals surface area contributed by atoms with Gasteiger partial charge in [0.15, 0.2) is 0 Å². The van der Waals surface area contributed by atoms with Crippen LogP contribution >= 0.6 is 0 Å². The third-order valence-electron chi connectivity index (χ3n) is 3.78. The molecule has 8 heteroatoms. The first kappa shape index (κ1) is 16.7. The lowest BCUT2D eigenvalue weighted by atomic mass is 9.84. The van der Waals surface area contributed by atoms with Gasteiger partial charge in [0.25, 0.3) is 5.91 Å². The summed E-state index contributed by atoms with van der Waals surface area (Å²) in [5.74, 6) is -0.878. The molecule has 1 aliphatic heterocycles. The summed E-state index contributed by atoms with van der Waals surface area (Å²) < 4.78 is 43.9. The zero-order valence-electron chi connectivity index (χ0n) is 11.8. The van der Waals surface area contributed by atoms with Crippen molar-refractivity contribution in [1.29, 1.82) is 0 Å². The van der Waals surface area contributed by atoms with E-state index < -0.39 is 28.8 Å². The molecule has 5 nitrogen and oxygen atoms in total. The van der Waals surface area contributed by atoms with E-state index in [0.717, 1.165) is 18.3 Å². The van der Waals surface area contributed by atoms with Crippen LogP contribution in [0, 0.1) is 5.41 Å². The van der Waals surface area contributed by atoms with Gasteiger partial charge in [-0.2, -0.15) is 13.2 Å². The fourth-order valence-corrected chi connectivity index (χ4v) is 2.48. The molecule has 22 heavy (non-hydrogen) atoms. The maximum absolute atomic E-state index is 12.9. The van der Waals surface area contributed by atoms with Crippen LogP contribution in [-0.4, -0.2) is 42.4 Å². The summed E-state index contributed by atoms with van der Waals surface area (Å²) in [6.07, 6.45) is -2.43. The van der Waals surface area contributed by atoms with Gasteiger partial charge >= 0.3 is 6.18 Å². The molecule has 1 unspecified atom stereocenters. The minimum Gasteiger partial charge on any atom is -0.396 e. The highest BCUT2D eigenvalue weighted by molar-refractivity contribution is 5.93. The third kappa shape index (κ3) is 3.75. The van der Waals surface area contributed by atoms with Crippen LogP contribution in [0.15, 0.2) is 18.3 Å². The van der Waals surface area contributed by atoms with Crippen molar-refractivity contribution in [2.24, 2.45) is 5.41 Å². The molecule has 0 saturated carbocycles. The van der Waals surface area contributed by atoms with Crippen LogP contribution in [0.5, 0.6) is 0 Å². The number of carbonyl (C=O) groups is 1. The number of nitrogens with one attached hydrogen (secondary N) is 1. The van der Waals surface area contributed by atoms with Gasteiger partial charge in [0.2, 0.25) is 0 Å². The van der Waals surface area contributed by atoms with Crippen LogP contribution in [0.25, 0.3) is 0 Å². The maximum atomic E-state index is 12.9. The van der Waals surface area contributed by atoms with E-state index in [-0.39, 0.29) is 13.2 Å². The van der Waals surface area contributed by atoms with Gasteiger partial charge in [0.05, 0.1) is 12.2 Å². The molecule has 0 bridgehead atoms. The molecule has 0 aromatic carbocycles. The van der Waals surface area contributed by atoms with E-state index in [2.05, 4.69) is 10.3 Å². The summed E-state index contributed by atoms with van der Waals surface area (Å²) in [7, 11) is 0. The number of aromatic nitrogens is 1. The summed E-state index contributed by atoms with van der Waals surface area (Å²) in [6, 6.07) is 1.96.